The summed E-state index contributed by atoms with van der Waals surface area (Å²) in [5.74, 6) is 0.557. The van der Waals surface area contributed by atoms with Crippen LogP contribution >= 0.6 is 0 Å². The number of hydrogen-bond donors (Lipinski definition) is 1. The van der Waals surface area contributed by atoms with Crippen LogP contribution in [0.4, 0.5) is 0 Å². The van der Waals surface area contributed by atoms with Crippen molar-refractivity contribution < 1.29 is 5.11 Å². The number of hydrogen-bond acceptors (Lipinski definition) is 1. The maximum Gasteiger partial charge on any atom is 0.0675 e. The predicted molar refractivity (Wildman–Crippen MR) is 98.3 cm³/mol. The van der Waals surface area contributed by atoms with E-state index in [-0.39, 0.29) is 5.60 Å². The van der Waals surface area contributed by atoms with Gasteiger partial charge in [-0.05, 0) is 25.2 Å². The molecule has 132 valence electrons. The fourth-order valence-electron chi connectivity index (χ4n) is 4.30. The summed E-state index contributed by atoms with van der Waals surface area (Å²) in [5.41, 5.74) is -0.313. The van der Waals surface area contributed by atoms with E-state index in [1.165, 1.54) is 89.9 Å². The first-order chi connectivity index (χ1) is 10.7. The van der Waals surface area contributed by atoms with Gasteiger partial charge in [-0.2, -0.15) is 0 Å². The number of rotatable bonds is 13. The monoisotopic (exact) mass is 310 g/mol. The molecular formula is C21H42O. The van der Waals surface area contributed by atoms with Crippen LogP contribution in [-0.2, 0) is 0 Å². The number of aliphatic hydroxyl groups is 1. The Labute approximate surface area is 140 Å². The molecule has 1 aliphatic rings. The molecule has 1 fully saturated rings. The van der Waals surface area contributed by atoms with Crippen LogP contribution in [0.5, 0.6) is 0 Å². The molecule has 1 saturated carbocycles. The van der Waals surface area contributed by atoms with Crippen molar-refractivity contribution in [3.05, 3.63) is 0 Å². The maximum atomic E-state index is 10.9. The van der Waals surface area contributed by atoms with Gasteiger partial charge in [0.05, 0.1) is 5.60 Å². The van der Waals surface area contributed by atoms with E-state index >= 15 is 0 Å². The van der Waals surface area contributed by atoms with Gasteiger partial charge in [0.2, 0.25) is 0 Å². The van der Waals surface area contributed by atoms with Crippen molar-refractivity contribution in [3.8, 4) is 0 Å². The van der Waals surface area contributed by atoms with E-state index in [9.17, 15) is 5.11 Å². The quantitative estimate of drug-likeness (QED) is 0.362. The van der Waals surface area contributed by atoms with Crippen LogP contribution in [0.2, 0.25) is 0 Å². The molecule has 0 aromatic heterocycles. The lowest BCUT2D eigenvalue weighted by atomic mass is 9.72. The third-order valence-corrected chi connectivity index (χ3v) is 5.88. The first-order valence-corrected chi connectivity index (χ1v) is 10.5. The van der Waals surface area contributed by atoms with Crippen molar-refractivity contribution in [2.75, 3.05) is 0 Å². The molecule has 1 aliphatic carbocycles. The second-order valence-electron chi connectivity index (χ2n) is 7.74. The summed E-state index contributed by atoms with van der Waals surface area (Å²) in [7, 11) is 0. The molecule has 1 atom stereocenters. The first-order valence-electron chi connectivity index (χ1n) is 10.5. The van der Waals surface area contributed by atoms with Crippen LogP contribution in [0.25, 0.3) is 0 Å². The molecule has 1 nitrogen and oxygen atoms in total. The Morgan fingerprint density at radius 2 is 1.23 bits per heavy atom. The zero-order chi connectivity index (χ0) is 16.1. The molecule has 1 unspecified atom stereocenters. The highest BCUT2D eigenvalue weighted by Crippen LogP contribution is 2.38. The van der Waals surface area contributed by atoms with Crippen molar-refractivity contribution in [1.29, 1.82) is 0 Å². The second kappa shape index (κ2) is 12.4. The Bertz CT molecular complexity index is 242. The van der Waals surface area contributed by atoms with Crippen LogP contribution < -0.4 is 0 Å². The Hall–Kier alpha value is -0.0400. The Morgan fingerprint density at radius 3 is 1.73 bits per heavy atom. The maximum absolute atomic E-state index is 10.9. The Kier molecular flexibility index (Phi) is 11.3. The largest absolute Gasteiger partial charge is 0.390 e. The van der Waals surface area contributed by atoms with E-state index in [0.717, 1.165) is 19.3 Å². The molecule has 0 radical (unpaired) electrons. The highest BCUT2D eigenvalue weighted by Gasteiger charge is 2.35. The van der Waals surface area contributed by atoms with Gasteiger partial charge in [0.25, 0.3) is 0 Å². The van der Waals surface area contributed by atoms with Gasteiger partial charge < -0.3 is 5.11 Å². The molecule has 0 bridgehead atoms. The Morgan fingerprint density at radius 1 is 0.727 bits per heavy atom. The third kappa shape index (κ3) is 7.99. The lowest BCUT2D eigenvalue weighted by Gasteiger charge is -2.39. The van der Waals surface area contributed by atoms with E-state index in [0.29, 0.717) is 5.92 Å². The van der Waals surface area contributed by atoms with Crippen LogP contribution in [0.15, 0.2) is 0 Å². The van der Waals surface area contributed by atoms with Gasteiger partial charge in [-0.1, -0.05) is 104 Å². The third-order valence-electron chi connectivity index (χ3n) is 5.88. The topological polar surface area (TPSA) is 20.2 Å². The summed E-state index contributed by atoms with van der Waals surface area (Å²) in [6.45, 7) is 4.56. The van der Waals surface area contributed by atoms with E-state index in [1.54, 1.807) is 0 Å². The SMILES string of the molecule is CCCCCCCCCCCCC(CC)C1(O)CCCCC1. The van der Waals surface area contributed by atoms with Gasteiger partial charge in [-0.3, -0.25) is 0 Å². The zero-order valence-electron chi connectivity index (χ0n) is 15.5. The predicted octanol–water partition coefficient (Wildman–Crippen LogP) is 7.02. The fourth-order valence-corrected chi connectivity index (χ4v) is 4.30. The molecule has 1 rings (SSSR count). The van der Waals surface area contributed by atoms with Crippen LogP contribution in [0, 0.1) is 5.92 Å². The molecule has 0 spiro atoms. The summed E-state index contributed by atoms with van der Waals surface area (Å²) in [6.07, 6.45) is 22.4. The fraction of sp³-hybridized carbons (Fsp3) is 1.00. The van der Waals surface area contributed by atoms with E-state index in [4.69, 9.17) is 0 Å². The highest BCUT2D eigenvalue weighted by atomic mass is 16.3. The summed E-state index contributed by atoms with van der Waals surface area (Å²) >= 11 is 0. The van der Waals surface area contributed by atoms with Crippen molar-refractivity contribution in [2.45, 2.75) is 129 Å². The van der Waals surface area contributed by atoms with Crippen LogP contribution in [0.3, 0.4) is 0 Å². The number of unbranched alkanes of at least 4 members (excludes halogenated alkanes) is 9. The van der Waals surface area contributed by atoms with Gasteiger partial charge >= 0.3 is 0 Å². The van der Waals surface area contributed by atoms with Crippen LogP contribution in [0.1, 0.15) is 123 Å². The van der Waals surface area contributed by atoms with E-state index in [1.807, 2.05) is 0 Å². The molecule has 22 heavy (non-hydrogen) atoms. The molecule has 1 heteroatoms. The molecule has 1 N–H and O–H groups in total. The molecule has 0 aromatic carbocycles. The van der Waals surface area contributed by atoms with E-state index in [2.05, 4.69) is 13.8 Å². The van der Waals surface area contributed by atoms with Gasteiger partial charge in [-0.15, -0.1) is 0 Å². The Balaban J connectivity index is 2.00. The van der Waals surface area contributed by atoms with E-state index < -0.39 is 0 Å². The molecular weight excluding hydrogens is 268 g/mol. The van der Waals surface area contributed by atoms with Gasteiger partial charge in [0.15, 0.2) is 0 Å². The van der Waals surface area contributed by atoms with Crippen LogP contribution in [-0.4, -0.2) is 10.7 Å². The lowest BCUT2D eigenvalue weighted by molar-refractivity contribution is -0.0541. The zero-order valence-corrected chi connectivity index (χ0v) is 15.5. The van der Waals surface area contributed by atoms with Gasteiger partial charge in [0.1, 0.15) is 0 Å². The van der Waals surface area contributed by atoms with Crippen molar-refractivity contribution in [3.63, 3.8) is 0 Å². The molecule has 0 saturated heterocycles. The lowest BCUT2D eigenvalue weighted by Crippen LogP contribution is -2.39. The minimum atomic E-state index is -0.313. The summed E-state index contributed by atoms with van der Waals surface area (Å²) in [5, 5.41) is 10.9. The molecule has 0 heterocycles. The molecule has 0 aliphatic heterocycles. The van der Waals surface area contributed by atoms with Crippen molar-refractivity contribution in [2.24, 2.45) is 5.92 Å². The van der Waals surface area contributed by atoms with Gasteiger partial charge in [0, 0.05) is 0 Å². The average molecular weight is 311 g/mol. The summed E-state index contributed by atoms with van der Waals surface area (Å²) in [4.78, 5) is 0. The minimum absolute atomic E-state index is 0.313. The van der Waals surface area contributed by atoms with Gasteiger partial charge in [-0.25, -0.2) is 0 Å². The average Bonchev–Trinajstić information content (AvgIpc) is 2.53. The molecule has 0 aromatic rings. The molecule has 0 amide bonds. The smallest absolute Gasteiger partial charge is 0.0675 e. The van der Waals surface area contributed by atoms with Crippen molar-refractivity contribution >= 4 is 0 Å². The first kappa shape index (κ1) is 20.0. The normalized spacial score (nSPS) is 19.2. The summed E-state index contributed by atoms with van der Waals surface area (Å²) in [6, 6.07) is 0. The highest BCUT2D eigenvalue weighted by molar-refractivity contribution is 4.88. The second-order valence-corrected chi connectivity index (χ2v) is 7.74. The van der Waals surface area contributed by atoms with Crippen molar-refractivity contribution in [1.82, 2.24) is 0 Å². The minimum Gasteiger partial charge on any atom is -0.390 e. The standard InChI is InChI=1S/C21H42O/c1-3-5-6-7-8-9-10-11-12-14-17-20(4-2)21(22)18-15-13-16-19-21/h20,22H,3-19H2,1-2H3. The summed E-state index contributed by atoms with van der Waals surface area (Å²) < 4.78 is 0.